The van der Waals surface area contributed by atoms with E-state index >= 15 is 0 Å². The van der Waals surface area contributed by atoms with Crippen LogP contribution in [0.1, 0.15) is 6.92 Å². The predicted octanol–water partition coefficient (Wildman–Crippen LogP) is 2.89. The number of anilines is 1. The quantitative estimate of drug-likeness (QED) is 0.641. The minimum atomic E-state index is -0.284. The Hall–Kier alpha value is -1.06. The minimum Gasteiger partial charge on any atom is -0.292 e. The summed E-state index contributed by atoms with van der Waals surface area (Å²) in [4.78, 5) is 10.7. The van der Waals surface area contributed by atoms with E-state index in [1.165, 1.54) is 6.92 Å². The zero-order chi connectivity index (χ0) is 10.6. The second kappa shape index (κ2) is 4.98. The second-order valence-corrected chi connectivity index (χ2v) is 3.37. The molecule has 1 aromatic rings. The molecular weight excluding hydrogens is 223 g/mol. The van der Waals surface area contributed by atoms with Gasteiger partial charge >= 0.3 is 0 Å². The number of nitrogens with one attached hydrogen (secondary N) is 1. The molecule has 74 valence electrons. The van der Waals surface area contributed by atoms with E-state index in [0.717, 1.165) is 0 Å². The van der Waals surface area contributed by atoms with Crippen LogP contribution >= 0.6 is 23.2 Å². The van der Waals surface area contributed by atoms with E-state index in [-0.39, 0.29) is 11.0 Å². The summed E-state index contributed by atoms with van der Waals surface area (Å²) in [5.41, 5.74) is 3.35. The van der Waals surface area contributed by atoms with Crippen LogP contribution in [-0.4, -0.2) is 11.0 Å². The van der Waals surface area contributed by atoms with E-state index in [4.69, 9.17) is 23.2 Å². The fourth-order valence-electron chi connectivity index (χ4n) is 0.717. The van der Waals surface area contributed by atoms with Crippen molar-refractivity contribution in [3.63, 3.8) is 0 Å². The zero-order valence-electron chi connectivity index (χ0n) is 7.42. The van der Waals surface area contributed by atoms with Gasteiger partial charge in [-0.2, -0.15) is 5.10 Å². The van der Waals surface area contributed by atoms with Crippen molar-refractivity contribution in [2.24, 2.45) is 5.10 Å². The molecule has 1 N–H and O–H groups in total. The molecule has 0 aliphatic heterocycles. The number of carbonyl (C=O) groups excluding carboxylic acids is 1. The van der Waals surface area contributed by atoms with Crippen molar-refractivity contribution >= 4 is 39.8 Å². The molecule has 0 saturated carbocycles. The first-order valence-corrected chi connectivity index (χ1v) is 4.61. The molecule has 14 heavy (non-hydrogen) atoms. The van der Waals surface area contributed by atoms with E-state index < -0.39 is 0 Å². The molecule has 0 unspecified atom stereocenters. The predicted molar refractivity (Wildman–Crippen MR) is 59.0 cm³/mol. The van der Waals surface area contributed by atoms with Gasteiger partial charge in [-0.1, -0.05) is 23.2 Å². The van der Waals surface area contributed by atoms with Crippen molar-refractivity contribution in [1.82, 2.24) is 0 Å². The van der Waals surface area contributed by atoms with Gasteiger partial charge in [-0.25, -0.2) is 0 Å². The number of hydrogen-bond donors (Lipinski definition) is 1. The van der Waals surface area contributed by atoms with Gasteiger partial charge in [0.15, 0.2) is 11.0 Å². The van der Waals surface area contributed by atoms with Crippen LogP contribution in [0, 0.1) is 0 Å². The summed E-state index contributed by atoms with van der Waals surface area (Å²) in [5, 5.41) is 4.22. The molecule has 1 rings (SSSR count). The zero-order valence-corrected chi connectivity index (χ0v) is 8.93. The highest BCUT2D eigenvalue weighted by Gasteiger charge is 1.99. The van der Waals surface area contributed by atoms with E-state index in [1.54, 1.807) is 24.3 Å². The van der Waals surface area contributed by atoms with Crippen molar-refractivity contribution in [1.29, 1.82) is 0 Å². The Balaban J connectivity index is 2.66. The third-order valence-electron chi connectivity index (χ3n) is 1.42. The molecular formula is C9H8Cl2N2O. The number of nitrogens with zero attached hydrogens (tertiary/aromatic N) is 1. The molecule has 3 nitrogen and oxygen atoms in total. The molecule has 0 amide bonds. The molecule has 0 fully saturated rings. The van der Waals surface area contributed by atoms with Crippen LogP contribution in [0.25, 0.3) is 0 Å². The summed E-state index contributed by atoms with van der Waals surface area (Å²) in [7, 11) is 0. The Morgan fingerprint density at radius 1 is 1.36 bits per heavy atom. The molecule has 0 aliphatic carbocycles. The maximum absolute atomic E-state index is 10.7. The van der Waals surface area contributed by atoms with E-state index in [1.807, 2.05) is 0 Å². The van der Waals surface area contributed by atoms with Crippen LogP contribution < -0.4 is 5.43 Å². The molecule has 0 saturated heterocycles. The number of hydrazone groups is 1. The first kappa shape index (κ1) is 11.0. The summed E-state index contributed by atoms with van der Waals surface area (Å²) < 4.78 is 0. The fraction of sp³-hybridized carbons (Fsp3) is 0.111. The molecule has 0 atom stereocenters. The number of hydrogen-bond acceptors (Lipinski definition) is 3. The molecule has 0 spiro atoms. The topological polar surface area (TPSA) is 41.5 Å². The lowest BCUT2D eigenvalue weighted by Crippen LogP contribution is -2.04. The lowest BCUT2D eigenvalue weighted by atomic mass is 10.3. The van der Waals surface area contributed by atoms with Crippen molar-refractivity contribution in [2.75, 3.05) is 5.43 Å². The Morgan fingerprint density at radius 3 is 2.43 bits per heavy atom. The lowest BCUT2D eigenvalue weighted by Gasteiger charge is -1.99. The van der Waals surface area contributed by atoms with Gasteiger partial charge in [0, 0.05) is 11.9 Å². The molecule has 0 aromatic heterocycles. The third-order valence-corrected chi connectivity index (χ3v) is 2.02. The first-order valence-electron chi connectivity index (χ1n) is 3.85. The summed E-state index contributed by atoms with van der Waals surface area (Å²) in [6, 6.07) is 6.88. The van der Waals surface area contributed by atoms with Crippen LogP contribution in [0.4, 0.5) is 5.69 Å². The smallest absolute Gasteiger partial charge is 0.191 e. The van der Waals surface area contributed by atoms with Gasteiger partial charge in [0.1, 0.15) is 0 Å². The molecule has 0 radical (unpaired) electrons. The lowest BCUT2D eigenvalue weighted by molar-refractivity contribution is -0.110. The average molecular weight is 231 g/mol. The van der Waals surface area contributed by atoms with E-state index in [9.17, 15) is 4.79 Å². The fourth-order valence-corrected chi connectivity index (χ4v) is 0.885. The Labute approximate surface area is 91.7 Å². The van der Waals surface area contributed by atoms with Crippen molar-refractivity contribution in [3.8, 4) is 0 Å². The number of rotatable bonds is 3. The summed E-state index contributed by atoms with van der Waals surface area (Å²) >= 11 is 11.2. The van der Waals surface area contributed by atoms with E-state index in [0.29, 0.717) is 10.7 Å². The Kier molecular flexibility index (Phi) is 3.92. The van der Waals surface area contributed by atoms with E-state index in [2.05, 4.69) is 10.5 Å². The SMILES string of the molecule is CC(=O)/C(Cl)=N\Nc1ccc(Cl)cc1. The highest BCUT2D eigenvalue weighted by atomic mass is 35.5. The summed E-state index contributed by atoms with van der Waals surface area (Å²) in [6.07, 6.45) is 0. The van der Waals surface area contributed by atoms with Gasteiger partial charge in [-0.05, 0) is 24.3 Å². The number of halogens is 2. The van der Waals surface area contributed by atoms with Crippen LogP contribution in [-0.2, 0) is 4.79 Å². The molecule has 1 aromatic carbocycles. The first-order chi connectivity index (χ1) is 6.59. The van der Waals surface area contributed by atoms with Crippen LogP contribution in [0.5, 0.6) is 0 Å². The third kappa shape index (κ3) is 3.36. The number of benzene rings is 1. The largest absolute Gasteiger partial charge is 0.292 e. The highest BCUT2D eigenvalue weighted by Crippen LogP contribution is 2.13. The summed E-state index contributed by atoms with van der Waals surface area (Å²) in [5.74, 6) is -0.284. The monoisotopic (exact) mass is 230 g/mol. The number of carbonyl (C=O) groups is 1. The van der Waals surface area contributed by atoms with Crippen molar-refractivity contribution in [3.05, 3.63) is 29.3 Å². The number of Topliss-reactive ketones (excluding diaryl/α,β-unsaturated/α-hetero) is 1. The maximum Gasteiger partial charge on any atom is 0.191 e. The molecule has 0 bridgehead atoms. The average Bonchev–Trinajstić information content (AvgIpc) is 2.16. The van der Waals surface area contributed by atoms with Gasteiger partial charge < -0.3 is 0 Å². The van der Waals surface area contributed by atoms with Crippen molar-refractivity contribution < 1.29 is 4.79 Å². The second-order valence-electron chi connectivity index (χ2n) is 2.58. The highest BCUT2D eigenvalue weighted by molar-refractivity contribution is 6.82. The van der Waals surface area contributed by atoms with Crippen LogP contribution in [0.3, 0.4) is 0 Å². The Morgan fingerprint density at radius 2 is 1.93 bits per heavy atom. The molecule has 0 aliphatic rings. The van der Waals surface area contributed by atoms with Crippen LogP contribution in [0.15, 0.2) is 29.4 Å². The normalized spacial score (nSPS) is 11.2. The number of ketones is 1. The summed E-state index contributed by atoms with van der Waals surface area (Å²) in [6.45, 7) is 1.34. The molecule has 0 heterocycles. The van der Waals surface area contributed by atoms with Crippen molar-refractivity contribution in [2.45, 2.75) is 6.92 Å². The van der Waals surface area contributed by atoms with Gasteiger partial charge in [0.2, 0.25) is 0 Å². The van der Waals surface area contributed by atoms with Gasteiger partial charge in [0.25, 0.3) is 0 Å². The Bertz CT molecular complexity index is 360. The molecule has 5 heteroatoms. The van der Waals surface area contributed by atoms with Gasteiger partial charge in [-0.3, -0.25) is 10.2 Å². The van der Waals surface area contributed by atoms with Crippen LogP contribution in [0.2, 0.25) is 5.02 Å². The maximum atomic E-state index is 10.7. The van der Waals surface area contributed by atoms with Gasteiger partial charge in [0.05, 0.1) is 5.69 Å². The van der Waals surface area contributed by atoms with Gasteiger partial charge in [-0.15, -0.1) is 0 Å². The minimum absolute atomic E-state index is 0.0834. The standard InChI is InChI=1S/C9H8Cl2N2O/c1-6(14)9(11)13-12-8-4-2-7(10)3-5-8/h2-5,12H,1H3/b13-9+.